The number of aliphatic hydroxyl groups is 1. The molecule has 64 valence electrons. The van der Waals surface area contributed by atoms with E-state index >= 15 is 0 Å². The summed E-state index contributed by atoms with van der Waals surface area (Å²) in [6.45, 7) is 2.53. The highest BCUT2D eigenvalue weighted by atomic mass is 32.2. The van der Waals surface area contributed by atoms with Gasteiger partial charge < -0.3 is 10.4 Å². The number of thioether (sulfide) groups is 1. The number of hydrogen-bond acceptors (Lipinski definition) is 4. The van der Waals surface area contributed by atoms with Gasteiger partial charge in [-0.2, -0.15) is 17.0 Å². The van der Waals surface area contributed by atoms with Crippen LogP contribution in [0.5, 0.6) is 0 Å². The molecule has 0 bridgehead atoms. The topological polar surface area (TPSA) is 56.0 Å². The first kappa shape index (κ1) is 10.8. The van der Waals surface area contributed by atoms with Crippen molar-refractivity contribution in [1.82, 2.24) is 5.32 Å². The zero-order chi connectivity index (χ0) is 8.74. The van der Waals surface area contributed by atoms with Crippen molar-refractivity contribution < 1.29 is 5.11 Å². The van der Waals surface area contributed by atoms with Crippen molar-refractivity contribution in [3.63, 3.8) is 0 Å². The van der Waals surface area contributed by atoms with Crippen LogP contribution in [0.15, 0.2) is 0 Å². The SMILES string of the molecule is CSCC(C)(O)CNCC#N. The van der Waals surface area contributed by atoms with E-state index < -0.39 is 5.60 Å². The third-order valence-corrected chi connectivity index (χ3v) is 2.08. The Bertz CT molecular complexity index is 142. The third kappa shape index (κ3) is 6.17. The van der Waals surface area contributed by atoms with E-state index in [9.17, 15) is 5.11 Å². The van der Waals surface area contributed by atoms with Gasteiger partial charge in [-0.15, -0.1) is 0 Å². The maximum absolute atomic E-state index is 9.55. The zero-order valence-electron chi connectivity index (χ0n) is 6.92. The fourth-order valence-electron chi connectivity index (χ4n) is 0.750. The Hall–Kier alpha value is -0.240. The van der Waals surface area contributed by atoms with Crippen LogP contribution in [0.4, 0.5) is 0 Å². The summed E-state index contributed by atoms with van der Waals surface area (Å²) >= 11 is 1.59. The van der Waals surface area contributed by atoms with Crippen LogP contribution in [-0.4, -0.2) is 35.8 Å². The van der Waals surface area contributed by atoms with Gasteiger partial charge in [0, 0.05) is 12.3 Å². The van der Waals surface area contributed by atoms with E-state index in [2.05, 4.69) is 5.32 Å². The molecule has 0 fully saturated rings. The van der Waals surface area contributed by atoms with Gasteiger partial charge in [0.1, 0.15) is 0 Å². The van der Waals surface area contributed by atoms with Gasteiger partial charge in [-0.1, -0.05) is 0 Å². The van der Waals surface area contributed by atoms with Crippen molar-refractivity contribution in [2.45, 2.75) is 12.5 Å². The Kier molecular flexibility index (Phi) is 5.30. The lowest BCUT2D eigenvalue weighted by molar-refractivity contribution is 0.0862. The standard InChI is InChI=1S/C7H14N2OS/c1-7(10,6-11-2)5-9-4-3-8/h9-10H,4-6H2,1-2H3. The molecule has 0 heterocycles. The molecule has 4 heteroatoms. The van der Waals surface area contributed by atoms with E-state index in [1.54, 1.807) is 18.7 Å². The van der Waals surface area contributed by atoms with Crippen molar-refractivity contribution in [2.24, 2.45) is 0 Å². The molecule has 0 aromatic carbocycles. The molecular weight excluding hydrogens is 160 g/mol. The highest BCUT2D eigenvalue weighted by Gasteiger charge is 2.18. The number of hydrogen-bond donors (Lipinski definition) is 2. The fraction of sp³-hybridized carbons (Fsp3) is 0.857. The van der Waals surface area contributed by atoms with Crippen LogP contribution in [0.3, 0.4) is 0 Å². The first-order valence-corrected chi connectivity index (χ1v) is 4.81. The smallest absolute Gasteiger partial charge is 0.0841 e. The second-order valence-corrected chi connectivity index (χ2v) is 3.56. The van der Waals surface area contributed by atoms with E-state index in [0.717, 1.165) is 0 Å². The molecule has 0 aromatic rings. The summed E-state index contributed by atoms with van der Waals surface area (Å²) in [6.07, 6.45) is 1.94. The number of rotatable bonds is 5. The van der Waals surface area contributed by atoms with Gasteiger partial charge in [-0.3, -0.25) is 0 Å². The molecule has 0 aliphatic carbocycles. The molecule has 1 unspecified atom stereocenters. The summed E-state index contributed by atoms with van der Waals surface area (Å²) in [5.41, 5.74) is -0.698. The minimum absolute atomic E-state index is 0.296. The van der Waals surface area contributed by atoms with Gasteiger partial charge in [-0.25, -0.2) is 0 Å². The third-order valence-electron chi connectivity index (χ3n) is 1.17. The van der Waals surface area contributed by atoms with Gasteiger partial charge in [-0.05, 0) is 13.2 Å². The van der Waals surface area contributed by atoms with Gasteiger partial charge in [0.25, 0.3) is 0 Å². The van der Waals surface area contributed by atoms with Crippen molar-refractivity contribution in [3.8, 4) is 6.07 Å². The lowest BCUT2D eigenvalue weighted by Crippen LogP contribution is -2.40. The van der Waals surface area contributed by atoms with E-state index in [-0.39, 0.29) is 0 Å². The lowest BCUT2D eigenvalue weighted by Gasteiger charge is -2.21. The summed E-state index contributed by atoms with van der Waals surface area (Å²) in [7, 11) is 0. The summed E-state index contributed by atoms with van der Waals surface area (Å²) in [5, 5.41) is 20.6. The second-order valence-electron chi connectivity index (χ2n) is 2.69. The van der Waals surface area contributed by atoms with Gasteiger partial charge >= 0.3 is 0 Å². The summed E-state index contributed by atoms with van der Waals surface area (Å²) in [4.78, 5) is 0. The van der Waals surface area contributed by atoms with Crippen LogP contribution in [0, 0.1) is 11.3 Å². The summed E-state index contributed by atoms with van der Waals surface area (Å²) in [5.74, 6) is 0.686. The van der Waals surface area contributed by atoms with Crippen LogP contribution in [0.2, 0.25) is 0 Å². The molecule has 0 rings (SSSR count). The van der Waals surface area contributed by atoms with Crippen molar-refractivity contribution in [1.29, 1.82) is 5.26 Å². The molecule has 0 saturated carbocycles. The molecule has 0 aliphatic heterocycles. The average molecular weight is 174 g/mol. The van der Waals surface area contributed by atoms with E-state index in [1.807, 2.05) is 12.3 Å². The normalized spacial score (nSPS) is 15.5. The maximum atomic E-state index is 9.55. The number of nitrogens with one attached hydrogen (secondary N) is 1. The monoisotopic (exact) mass is 174 g/mol. The molecule has 2 N–H and O–H groups in total. The van der Waals surface area contributed by atoms with Crippen LogP contribution in [0.25, 0.3) is 0 Å². The molecule has 1 atom stereocenters. The van der Waals surface area contributed by atoms with Crippen LogP contribution in [0.1, 0.15) is 6.92 Å². The first-order chi connectivity index (χ1) is 5.12. The Morgan fingerprint density at radius 2 is 2.36 bits per heavy atom. The highest BCUT2D eigenvalue weighted by molar-refractivity contribution is 7.98. The Morgan fingerprint density at radius 1 is 1.73 bits per heavy atom. The van der Waals surface area contributed by atoms with Crippen LogP contribution < -0.4 is 5.32 Å². The van der Waals surface area contributed by atoms with Crippen molar-refractivity contribution >= 4 is 11.8 Å². The molecule has 0 aliphatic rings. The highest BCUT2D eigenvalue weighted by Crippen LogP contribution is 2.08. The van der Waals surface area contributed by atoms with Gasteiger partial charge in [0.05, 0.1) is 18.2 Å². The van der Waals surface area contributed by atoms with Crippen molar-refractivity contribution in [3.05, 3.63) is 0 Å². The quantitative estimate of drug-likeness (QED) is 0.462. The van der Waals surface area contributed by atoms with Crippen LogP contribution in [-0.2, 0) is 0 Å². The second kappa shape index (κ2) is 5.42. The Balaban J connectivity index is 3.48. The first-order valence-electron chi connectivity index (χ1n) is 3.41. The van der Waals surface area contributed by atoms with Crippen LogP contribution >= 0.6 is 11.8 Å². The molecular formula is C7H14N2OS. The Morgan fingerprint density at radius 3 is 2.82 bits per heavy atom. The molecule has 3 nitrogen and oxygen atoms in total. The minimum atomic E-state index is -0.698. The average Bonchev–Trinajstić information content (AvgIpc) is 1.87. The minimum Gasteiger partial charge on any atom is -0.388 e. The van der Waals surface area contributed by atoms with Gasteiger partial charge in [0.2, 0.25) is 0 Å². The predicted octanol–water partition coefficient (Wildman–Crippen LogP) is 0.214. The number of nitrogens with zero attached hydrogens (tertiary/aromatic N) is 1. The summed E-state index contributed by atoms with van der Waals surface area (Å²) < 4.78 is 0. The molecule has 0 aromatic heterocycles. The largest absolute Gasteiger partial charge is 0.388 e. The van der Waals surface area contributed by atoms with Gasteiger partial charge in [0.15, 0.2) is 0 Å². The van der Waals surface area contributed by atoms with E-state index in [1.165, 1.54) is 0 Å². The maximum Gasteiger partial charge on any atom is 0.0841 e. The zero-order valence-corrected chi connectivity index (χ0v) is 7.74. The molecule has 0 amide bonds. The molecule has 0 saturated heterocycles. The predicted molar refractivity (Wildman–Crippen MR) is 47.5 cm³/mol. The Labute approximate surface area is 71.8 Å². The summed E-state index contributed by atoms with van der Waals surface area (Å²) in [6, 6.07) is 1.95. The molecule has 11 heavy (non-hydrogen) atoms. The fourth-order valence-corrected chi connectivity index (χ4v) is 1.47. The molecule has 0 radical (unpaired) electrons. The van der Waals surface area contributed by atoms with E-state index in [4.69, 9.17) is 5.26 Å². The van der Waals surface area contributed by atoms with E-state index in [0.29, 0.717) is 18.8 Å². The van der Waals surface area contributed by atoms with Crippen molar-refractivity contribution in [2.75, 3.05) is 25.1 Å². The molecule has 0 spiro atoms. The number of nitriles is 1. The lowest BCUT2D eigenvalue weighted by atomic mass is 10.1.